The monoisotopic (exact) mass is 517 g/mol. The van der Waals surface area contributed by atoms with E-state index in [2.05, 4.69) is 5.32 Å². The van der Waals surface area contributed by atoms with E-state index in [0.717, 1.165) is 36.5 Å². The largest absolute Gasteiger partial charge is 0.384 e. The van der Waals surface area contributed by atoms with Gasteiger partial charge in [0, 0.05) is 40.5 Å². The number of rotatable bonds is 7. The quantitative estimate of drug-likeness (QED) is 0.219. The van der Waals surface area contributed by atoms with Gasteiger partial charge >= 0.3 is 0 Å². The van der Waals surface area contributed by atoms with Crippen LogP contribution in [0.4, 0.5) is 0 Å². The molecule has 0 unspecified atom stereocenters. The van der Waals surface area contributed by atoms with Gasteiger partial charge in [-0.05, 0) is 49.3 Å². The van der Waals surface area contributed by atoms with Crippen LogP contribution in [-0.4, -0.2) is 42.6 Å². The zero-order chi connectivity index (χ0) is 26.2. The number of aromatic nitrogens is 1. The Morgan fingerprint density at radius 1 is 0.973 bits per heavy atom. The number of sulfone groups is 1. The van der Waals surface area contributed by atoms with Crippen molar-refractivity contribution >= 4 is 43.3 Å². The van der Waals surface area contributed by atoms with E-state index >= 15 is 0 Å². The molecular formula is C28H31N5O3S. The van der Waals surface area contributed by atoms with E-state index in [1.54, 1.807) is 47.0 Å². The lowest BCUT2D eigenvalue weighted by Gasteiger charge is -2.27. The van der Waals surface area contributed by atoms with Gasteiger partial charge in [-0.15, -0.1) is 0 Å². The van der Waals surface area contributed by atoms with E-state index in [1.807, 2.05) is 24.3 Å². The van der Waals surface area contributed by atoms with Crippen molar-refractivity contribution in [1.29, 1.82) is 5.41 Å². The van der Waals surface area contributed by atoms with Crippen LogP contribution in [0.2, 0.25) is 0 Å². The van der Waals surface area contributed by atoms with E-state index in [9.17, 15) is 13.2 Å². The highest BCUT2D eigenvalue weighted by atomic mass is 32.2. The number of amides is 1. The van der Waals surface area contributed by atoms with Crippen molar-refractivity contribution in [2.75, 3.05) is 5.75 Å². The first kappa shape index (κ1) is 25.0. The number of nitrogen functional groups attached to an aromatic ring is 1. The standard InChI is InChI=1S/C28H31N5O3S/c29-21-10-12-22(13-11-21)32-28(34)25-16-19-8-9-20(27(30)31)17-24(19)33(25)14-15-37(35,36)26-7-3-5-18-4-1-2-6-23(18)26/h1-9,16-17,21-22H,10-15,29H2,(H3,30,31)(H,32,34). The Balaban J connectivity index is 1.49. The topological polar surface area (TPSA) is 144 Å². The molecule has 3 aromatic carbocycles. The number of benzene rings is 3. The predicted octanol–water partition coefficient (Wildman–Crippen LogP) is 3.55. The zero-order valence-corrected chi connectivity index (χ0v) is 21.3. The van der Waals surface area contributed by atoms with Gasteiger partial charge in [-0.25, -0.2) is 8.42 Å². The van der Waals surface area contributed by atoms with Crippen molar-refractivity contribution in [3.8, 4) is 0 Å². The van der Waals surface area contributed by atoms with Gasteiger partial charge in [-0.2, -0.15) is 0 Å². The Morgan fingerprint density at radius 2 is 1.70 bits per heavy atom. The molecule has 0 bridgehead atoms. The Kier molecular flexibility index (Phi) is 6.74. The van der Waals surface area contributed by atoms with Gasteiger partial charge in [0.1, 0.15) is 11.5 Å². The number of hydrogen-bond donors (Lipinski definition) is 4. The maximum Gasteiger partial charge on any atom is 0.268 e. The van der Waals surface area contributed by atoms with E-state index in [0.29, 0.717) is 22.2 Å². The fraction of sp³-hybridized carbons (Fsp3) is 0.286. The molecule has 4 aromatic rings. The molecule has 0 radical (unpaired) electrons. The molecular weight excluding hydrogens is 486 g/mol. The van der Waals surface area contributed by atoms with E-state index in [-0.39, 0.29) is 41.0 Å². The normalized spacial score (nSPS) is 18.2. The summed E-state index contributed by atoms with van der Waals surface area (Å²) in [5.41, 5.74) is 13.3. The molecule has 1 heterocycles. The van der Waals surface area contributed by atoms with Crippen LogP contribution in [0, 0.1) is 5.41 Å². The molecule has 37 heavy (non-hydrogen) atoms. The molecule has 9 heteroatoms. The molecule has 0 aliphatic heterocycles. The van der Waals surface area contributed by atoms with Crippen molar-refractivity contribution in [1.82, 2.24) is 9.88 Å². The fourth-order valence-electron chi connectivity index (χ4n) is 5.16. The minimum absolute atomic E-state index is 0.0333. The SMILES string of the molecule is N=C(N)c1ccc2cc(C(=O)NC3CCC(N)CC3)n(CCS(=O)(=O)c3cccc4ccccc34)c2c1. The number of carbonyl (C=O) groups excluding carboxylic acids is 1. The fourth-order valence-corrected chi connectivity index (χ4v) is 6.61. The number of nitrogens with one attached hydrogen (secondary N) is 2. The number of aryl methyl sites for hydroxylation is 1. The molecule has 5 rings (SSSR count). The second-order valence-electron chi connectivity index (χ2n) is 9.75. The van der Waals surface area contributed by atoms with Gasteiger partial charge in [-0.3, -0.25) is 10.2 Å². The minimum Gasteiger partial charge on any atom is -0.384 e. The van der Waals surface area contributed by atoms with Crippen LogP contribution in [0.15, 0.2) is 71.6 Å². The summed E-state index contributed by atoms with van der Waals surface area (Å²) in [6.07, 6.45) is 3.35. The summed E-state index contributed by atoms with van der Waals surface area (Å²) in [4.78, 5) is 13.7. The van der Waals surface area contributed by atoms with Gasteiger partial charge < -0.3 is 21.4 Å². The average Bonchev–Trinajstić information content (AvgIpc) is 3.26. The molecule has 1 aliphatic rings. The molecule has 0 saturated heterocycles. The summed E-state index contributed by atoms with van der Waals surface area (Å²) in [7, 11) is -3.67. The molecule has 192 valence electrons. The number of nitrogens with two attached hydrogens (primary N) is 2. The Bertz CT molecular complexity index is 1600. The molecule has 0 atom stereocenters. The van der Waals surface area contributed by atoms with Crippen LogP contribution < -0.4 is 16.8 Å². The Labute approximate surface area is 216 Å². The first-order valence-electron chi connectivity index (χ1n) is 12.5. The van der Waals surface area contributed by atoms with Gasteiger partial charge in [0.25, 0.3) is 5.91 Å². The summed E-state index contributed by atoms with van der Waals surface area (Å²) in [5.74, 6) is -0.528. The van der Waals surface area contributed by atoms with E-state index in [4.69, 9.17) is 16.9 Å². The highest BCUT2D eigenvalue weighted by Gasteiger charge is 2.25. The maximum atomic E-state index is 13.5. The van der Waals surface area contributed by atoms with Gasteiger partial charge in [0.2, 0.25) is 0 Å². The summed E-state index contributed by atoms with van der Waals surface area (Å²) in [6.45, 7) is 0.0781. The summed E-state index contributed by atoms with van der Waals surface area (Å²) >= 11 is 0. The van der Waals surface area contributed by atoms with E-state index in [1.165, 1.54) is 0 Å². The smallest absolute Gasteiger partial charge is 0.268 e. The lowest BCUT2D eigenvalue weighted by molar-refractivity contribution is 0.0917. The first-order chi connectivity index (χ1) is 17.7. The van der Waals surface area contributed by atoms with Crippen molar-refractivity contribution in [2.24, 2.45) is 11.5 Å². The number of fused-ring (bicyclic) bond motifs is 2. The van der Waals surface area contributed by atoms with Crippen LogP contribution in [0.5, 0.6) is 0 Å². The third-order valence-electron chi connectivity index (χ3n) is 7.22. The molecule has 1 fully saturated rings. The lowest BCUT2D eigenvalue weighted by Crippen LogP contribution is -2.41. The van der Waals surface area contributed by atoms with Crippen LogP contribution in [0.1, 0.15) is 41.7 Å². The number of hydrogen-bond acceptors (Lipinski definition) is 5. The van der Waals surface area contributed by atoms with Gasteiger partial charge in [0.05, 0.1) is 10.6 Å². The number of amidine groups is 1. The van der Waals surface area contributed by atoms with E-state index < -0.39 is 9.84 Å². The van der Waals surface area contributed by atoms with Crippen molar-refractivity contribution in [3.05, 3.63) is 78.0 Å². The highest BCUT2D eigenvalue weighted by Crippen LogP contribution is 2.26. The number of carbonyl (C=O) groups is 1. The first-order valence-corrected chi connectivity index (χ1v) is 14.1. The second kappa shape index (κ2) is 9.99. The molecule has 1 amide bonds. The third-order valence-corrected chi connectivity index (χ3v) is 8.97. The molecule has 1 aliphatic carbocycles. The maximum absolute atomic E-state index is 13.5. The molecule has 8 nitrogen and oxygen atoms in total. The zero-order valence-electron chi connectivity index (χ0n) is 20.5. The van der Waals surface area contributed by atoms with Crippen LogP contribution in [-0.2, 0) is 16.4 Å². The summed E-state index contributed by atoms with van der Waals surface area (Å²) in [6, 6.07) is 19.9. The lowest BCUT2D eigenvalue weighted by atomic mass is 9.92. The van der Waals surface area contributed by atoms with Crippen LogP contribution in [0.3, 0.4) is 0 Å². The molecule has 1 saturated carbocycles. The van der Waals surface area contributed by atoms with Gasteiger partial charge in [0.15, 0.2) is 9.84 Å². The minimum atomic E-state index is -3.67. The van der Waals surface area contributed by atoms with Crippen molar-refractivity contribution < 1.29 is 13.2 Å². The molecule has 1 aromatic heterocycles. The second-order valence-corrected chi connectivity index (χ2v) is 11.8. The Hall–Kier alpha value is -3.69. The molecule has 6 N–H and O–H groups in total. The Morgan fingerprint density at radius 3 is 2.46 bits per heavy atom. The third kappa shape index (κ3) is 5.10. The highest BCUT2D eigenvalue weighted by molar-refractivity contribution is 7.91. The summed E-state index contributed by atoms with van der Waals surface area (Å²) in [5, 5.41) is 13.3. The van der Waals surface area contributed by atoms with Crippen molar-refractivity contribution in [3.63, 3.8) is 0 Å². The van der Waals surface area contributed by atoms with Gasteiger partial charge in [-0.1, -0.05) is 48.5 Å². The van der Waals surface area contributed by atoms with Crippen LogP contribution >= 0.6 is 0 Å². The predicted molar refractivity (Wildman–Crippen MR) is 147 cm³/mol. The van der Waals surface area contributed by atoms with Crippen LogP contribution in [0.25, 0.3) is 21.7 Å². The average molecular weight is 518 g/mol. The molecule has 0 spiro atoms. The summed E-state index contributed by atoms with van der Waals surface area (Å²) < 4.78 is 28.7. The number of nitrogens with zero attached hydrogens (tertiary/aromatic N) is 1. The van der Waals surface area contributed by atoms with Crippen molar-refractivity contribution in [2.45, 2.75) is 49.2 Å².